The predicted octanol–water partition coefficient (Wildman–Crippen LogP) is 3.66. The zero-order valence-electron chi connectivity index (χ0n) is 12.0. The Morgan fingerprint density at radius 2 is 1.95 bits per heavy atom. The second kappa shape index (κ2) is 6.32. The molecule has 1 aromatic carbocycles. The molecule has 2 aromatic rings. The fourth-order valence-electron chi connectivity index (χ4n) is 2.12. The average Bonchev–Trinajstić information content (AvgIpc) is 2.43. The second-order valence-corrected chi connectivity index (χ2v) is 4.63. The molecule has 0 amide bonds. The van der Waals surface area contributed by atoms with Gasteiger partial charge in [0.25, 0.3) is 0 Å². The SMILES string of the molecule is CCCc1c(NC)ncnc1Nc1ccc(F)cc1C. The average molecular weight is 274 g/mol. The number of aryl methyl sites for hydroxylation is 1. The van der Waals surface area contributed by atoms with Crippen molar-refractivity contribution in [2.24, 2.45) is 0 Å². The van der Waals surface area contributed by atoms with E-state index in [0.29, 0.717) is 0 Å². The lowest BCUT2D eigenvalue weighted by Crippen LogP contribution is -2.06. The summed E-state index contributed by atoms with van der Waals surface area (Å²) in [6, 6.07) is 4.67. The van der Waals surface area contributed by atoms with E-state index in [0.717, 1.165) is 41.3 Å². The molecule has 20 heavy (non-hydrogen) atoms. The maximum Gasteiger partial charge on any atom is 0.139 e. The molecular formula is C15H19FN4. The molecule has 5 heteroatoms. The molecule has 0 aliphatic heterocycles. The van der Waals surface area contributed by atoms with Gasteiger partial charge in [-0.1, -0.05) is 13.3 Å². The lowest BCUT2D eigenvalue weighted by Gasteiger charge is -2.15. The first-order valence-electron chi connectivity index (χ1n) is 6.70. The molecule has 0 spiro atoms. The number of rotatable bonds is 5. The van der Waals surface area contributed by atoms with Crippen molar-refractivity contribution in [2.75, 3.05) is 17.7 Å². The summed E-state index contributed by atoms with van der Waals surface area (Å²) in [6.45, 7) is 3.98. The maximum atomic E-state index is 13.1. The summed E-state index contributed by atoms with van der Waals surface area (Å²) < 4.78 is 13.1. The van der Waals surface area contributed by atoms with Crippen molar-refractivity contribution in [3.63, 3.8) is 0 Å². The Morgan fingerprint density at radius 3 is 2.60 bits per heavy atom. The van der Waals surface area contributed by atoms with E-state index in [4.69, 9.17) is 0 Å². The minimum Gasteiger partial charge on any atom is -0.373 e. The molecule has 0 aliphatic carbocycles. The number of hydrogen-bond acceptors (Lipinski definition) is 4. The van der Waals surface area contributed by atoms with Gasteiger partial charge in [-0.25, -0.2) is 14.4 Å². The van der Waals surface area contributed by atoms with E-state index < -0.39 is 0 Å². The van der Waals surface area contributed by atoms with Crippen LogP contribution in [0.15, 0.2) is 24.5 Å². The molecule has 0 saturated heterocycles. The first kappa shape index (κ1) is 14.2. The summed E-state index contributed by atoms with van der Waals surface area (Å²) in [7, 11) is 1.84. The van der Waals surface area contributed by atoms with Gasteiger partial charge in [-0.3, -0.25) is 0 Å². The number of nitrogens with zero attached hydrogens (tertiary/aromatic N) is 2. The smallest absolute Gasteiger partial charge is 0.139 e. The number of benzene rings is 1. The van der Waals surface area contributed by atoms with Gasteiger partial charge < -0.3 is 10.6 Å². The molecule has 1 heterocycles. The number of anilines is 3. The molecule has 2 rings (SSSR count). The summed E-state index contributed by atoms with van der Waals surface area (Å²) in [5.74, 6) is 1.35. The quantitative estimate of drug-likeness (QED) is 0.873. The highest BCUT2D eigenvalue weighted by Gasteiger charge is 2.11. The Morgan fingerprint density at radius 1 is 1.20 bits per heavy atom. The van der Waals surface area contributed by atoms with E-state index in [9.17, 15) is 4.39 Å². The number of halogens is 1. The van der Waals surface area contributed by atoms with Crippen LogP contribution in [0.1, 0.15) is 24.5 Å². The largest absolute Gasteiger partial charge is 0.373 e. The van der Waals surface area contributed by atoms with Gasteiger partial charge in [0.15, 0.2) is 0 Å². The Labute approximate surface area is 118 Å². The highest BCUT2D eigenvalue weighted by molar-refractivity contribution is 5.66. The summed E-state index contributed by atoms with van der Waals surface area (Å²) in [5, 5.41) is 6.35. The van der Waals surface area contributed by atoms with Crippen molar-refractivity contribution in [1.29, 1.82) is 0 Å². The molecular weight excluding hydrogens is 255 g/mol. The molecule has 0 radical (unpaired) electrons. The molecule has 0 saturated carbocycles. The molecule has 1 aromatic heterocycles. The van der Waals surface area contributed by atoms with Crippen LogP contribution in [0.25, 0.3) is 0 Å². The van der Waals surface area contributed by atoms with Crippen LogP contribution in [0.5, 0.6) is 0 Å². The van der Waals surface area contributed by atoms with Crippen LogP contribution in [0, 0.1) is 12.7 Å². The van der Waals surface area contributed by atoms with E-state index in [-0.39, 0.29) is 5.82 Å². The van der Waals surface area contributed by atoms with Gasteiger partial charge in [0.05, 0.1) is 0 Å². The standard InChI is InChI=1S/C15H19FN4/c1-4-5-12-14(17-3)18-9-19-15(12)20-13-7-6-11(16)8-10(13)2/h6-9H,4-5H2,1-3H3,(H2,17,18,19,20). The van der Waals surface area contributed by atoms with Crippen molar-refractivity contribution in [3.05, 3.63) is 41.5 Å². The zero-order chi connectivity index (χ0) is 14.5. The van der Waals surface area contributed by atoms with Crippen LogP contribution >= 0.6 is 0 Å². The molecule has 0 bridgehead atoms. The Hall–Kier alpha value is -2.17. The molecule has 106 valence electrons. The van der Waals surface area contributed by atoms with Gasteiger partial charge >= 0.3 is 0 Å². The predicted molar refractivity (Wildman–Crippen MR) is 80.0 cm³/mol. The molecule has 4 nitrogen and oxygen atoms in total. The minimum absolute atomic E-state index is 0.236. The van der Waals surface area contributed by atoms with Gasteiger partial charge in [0.1, 0.15) is 23.8 Å². The van der Waals surface area contributed by atoms with Crippen molar-refractivity contribution < 1.29 is 4.39 Å². The van der Waals surface area contributed by atoms with Crippen LogP contribution in [0.4, 0.5) is 21.7 Å². The molecule has 2 N–H and O–H groups in total. The van der Waals surface area contributed by atoms with Crippen LogP contribution in [0.2, 0.25) is 0 Å². The van der Waals surface area contributed by atoms with E-state index in [1.54, 1.807) is 6.07 Å². The van der Waals surface area contributed by atoms with Gasteiger partial charge in [0, 0.05) is 18.3 Å². The summed E-state index contributed by atoms with van der Waals surface area (Å²) in [4.78, 5) is 8.54. The number of nitrogens with one attached hydrogen (secondary N) is 2. The van der Waals surface area contributed by atoms with Gasteiger partial charge in [0.2, 0.25) is 0 Å². The highest BCUT2D eigenvalue weighted by atomic mass is 19.1. The van der Waals surface area contributed by atoms with Crippen LogP contribution in [-0.4, -0.2) is 17.0 Å². The molecule has 0 atom stereocenters. The molecule has 0 aliphatic rings. The maximum absolute atomic E-state index is 13.1. The van der Waals surface area contributed by atoms with E-state index in [2.05, 4.69) is 27.5 Å². The number of hydrogen-bond donors (Lipinski definition) is 2. The van der Waals surface area contributed by atoms with E-state index in [1.165, 1.54) is 18.5 Å². The van der Waals surface area contributed by atoms with Crippen LogP contribution < -0.4 is 10.6 Å². The molecule has 0 unspecified atom stereocenters. The monoisotopic (exact) mass is 274 g/mol. The minimum atomic E-state index is -0.236. The van der Waals surface area contributed by atoms with E-state index in [1.807, 2.05) is 14.0 Å². The Kier molecular flexibility index (Phi) is 4.50. The summed E-state index contributed by atoms with van der Waals surface area (Å²) in [5.41, 5.74) is 2.74. The molecule has 0 fully saturated rings. The highest BCUT2D eigenvalue weighted by Crippen LogP contribution is 2.26. The lowest BCUT2D eigenvalue weighted by molar-refractivity contribution is 0.627. The van der Waals surface area contributed by atoms with Crippen molar-refractivity contribution in [3.8, 4) is 0 Å². The van der Waals surface area contributed by atoms with Gasteiger partial charge in [-0.15, -0.1) is 0 Å². The van der Waals surface area contributed by atoms with Crippen molar-refractivity contribution in [2.45, 2.75) is 26.7 Å². The summed E-state index contributed by atoms with van der Waals surface area (Å²) in [6.07, 6.45) is 3.39. The summed E-state index contributed by atoms with van der Waals surface area (Å²) >= 11 is 0. The Bertz CT molecular complexity index is 598. The third kappa shape index (κ3) is 3.04. The van der Waals surface area contributed by atoms with Crippen LogP contribution in [-0.2, 0) is 6.42 Å². The fourth-order valence-corrected chi connectivity index (χ4v) is 2.12. The van der Waals surface area contributed by atoms with Crippen LogP contribution in [0.3, 0.4) is 0 Å². The Balaban J connectivity index is 2.37. The van der Waals surface area contributed by atoms with Gasteiger partial charge in [-0.2, -0.15) is 0 Å². The zero-order valence-corrected chi connectivity index (χ0v) is 12.0. The first-order valence-corrected chi connectivity index (χ1v) is 6.70. The third-order valence-corrected chi connectivity index (χ3v) is 3.12. The van der Waals surface area contributed by atoms with Crippen molar-refractivity contribution >= 4 is 17.3 Å². The van der Waals surface area contributed by atoms with E-state index >= 15 is 0 Å². The van der Waals surface area contributed by atoms with Gasteiger partial charge in [-0.05, 0) is 37.1 Å². The third-order valence-electron chi connectivity index (χ3n) is 3.12. The second-order valence-electron chi connectivity index (χ2n) is 4.63. The number of aromatic nitrogens is 2. The fraction of sp³-hybridized carbons (Fsp3) is 0.333. The normalized spacial score (nSPS) is 10.4. The first-order chi connectivity index (χ1) is 9.65. The lowest BCUT2D eigenvalue weighted by atomic mass is 10.1. The topological polar surface area (TPSA) is 49.8 Å². The van der Waals surface area contributed by atoms with Crippen molar-refractivity contribution in [1.82, 2.24) is 9.97 Å².